The van der Waals surface area contributed by atoms with E-state index in [2.05, 4.69) is 30.6 Å². The number of anilines is 1. The number of pyridine rings is 1. The van der Waals surface area contributed by atoms with E-state index in [1.807, 2.05) is 24.2 Å². The lowest BCUT2D eigenvalue weighted by molar-refractivity contribution is -0.139. The molecule has 3 N–H and O–H groups in total. The number of piperazine rings is 1. The molecular formula is C29H31FN8O3. The highest BCUT2D eigenvalue weighted by atomic mass is 19.1. The minimum Gasteiger partial charge on any atom is -0.351 e. The third-order valence-electron chi connectivity index (χ3n) is 7.75. The van der Waals surface area contributed by atoms with Gasteiger partial charge in [0.1, 0.15) is 11.5 Å². The Balaban J connectivity index is 1.06. The van der Waals surface area contributed by atoms with Gasteiger partial charge in [0, 0.05) is 81.1 Å². The van der Waals surface area contributed by atoms with E-state index in [1.54, 1.807) is 16.9 Å². The fourth-order valence-corrected chi connectivity index (χ4v) is 5.57. The normalized spacial score (nSPS) is 17.5. The fraction of sp³-hybridized carbons (Fsp3) is 0.345. The predicted molar refractivity (Wildman–Crippen MR) is 151 cm³/mol. The molecule has 2 aliphatic heterocycles. The number of piperidine rings is 1. The van der Waals surface area contributed by atoms with Crippen molar-refractivity contribution in [2.45, 2.75) is 25.3 Å². The summed E-state index contributed by atoms with van der Waals surface area (Å²) in [6.07, 6.45) is 7.59. The average Bonchev–Trinajstić information content (AvgIpc) is 3.60. The molecule has 0 bridgehead atoms. The van der Waals surface area contributed by atoms with E-state index >= 15 is 0 Å². The van der Waals surface area contributed by atoms with Gasteiger partial charge in [0.15, 0.2) is 0 Å². The van der Waals surface area contributed by atoms with Crippen molar-refractivity contribution in [1.29, 1.82) is 0 Å². The van der Waals surface area contributed by atoms with Crippen molar-refractivity contribution in [2.75, 3.05) is 38.0 Å². The van der Waals surface area contributed by atoms with Gasteiger partial charge in [-0.15, -0.1) is 0 Å². The number of carbonyl (C=O) groups excluding carboxylic acids is 3. The summed E-state index contributed by atoms with van der Waals surface area (Å²) < 4.78 is 16.3. The lowest BCUT2D eigenvalue weighted by atomic mass is 9.99. The maximum atomic E-state index is 14.6. The van der Waals surface area contributed by atoms with Crippen molar-refractivity contribution in [2.24, 2.45) is 7.05 Å². The first-order valence-electron chi connectivity index (χ1n) is 13.7. The topological polar surface area (TPSA) is 128 Å². The summed E-state index contributed by atoms with van der Waals surface area (Å²) in [5, 5.41) is 10.3. The quantitative estimate of drug-likeness (QED) is 0.320. The molecule has 5 heterocycles. The van der Waals surface area contributed by atoms with Gasteiger partial charge in [-0.2, -0.15) is 5.10 Å². The number of fused-ring (bicyclic) bond motifs is 2. The van der Waals surface area contributed by atoms with E-state index in [0.717, 1.165) is 55.2 Å². The predicted octanol–water partition coefficient (Wildman–Crippen LogP) is 2.78. The van der Waals surface area contributed by atoms with Gasteiger partial charge in [-0.1, -0.05) is 0 Å². The van der Waals surface area contributed by atoms with Crippen molar-refractivity contribution in [3.8, 4) is 11.3 Å². The molecule has 3 amide bonds. The Kier molecular flexibility index (Phi) is 7.23. The van der Waals surface area contributed by atoms with Crippen molar-refractivity contribution in [3.63, 3.8) is 0 Å². The van der Waals surface area contributed by atoms with Crippen LogP contribution in [0.4, 0.5) is 10.1 Å². The monoisotopic (exact) mass is 558 g/mol. The molecular weight excluding hydrogens is 527 g/mol. The van der Waals surface area contributed by atoms with Gasteiger partial charge in [0.05, 0.1) is 23.1 Å². The van der Waals surface area contributed by atoms with E-state index in [-0.39, 0.29) is 34.7 Å². The number of nitrogens with zero attached hydrogens (tertiary/aromatic N) is 5. The Hall–Kier alpha value is -4.58. The minimum atomic E-state index is -0.649. The Morgan fingerprint density at radius 2 is 2.00 bits per heavy atom. The van der Waals surface area contributed by atoms with Gasteiger partial charge in [-0.05, 0) is 43.2 Å². The van der Waals surface area contributed by atoms with E-state index in [0.29, 0.717) is 25.2 Å². The van der Waals surface area contributed by atoms with Crippen LogP contribution in [0.25, 0.3) is 22.3 Å². The lowest BCUT2D eigenvalue weighted by Crippen LogP contribution is -2.57. The Labute approximate surface area is 235 Å². The SMILES string of the molecule is Cn1cc(-c2cc3cc(C(=O)Nc4cc(C(=O)NCCN5CCN6C(=O)CCCC6C5)ccc4F)cnc3[nH]2)cn1. The summed E-state index contributed by atoms with van der Waals surface area (Å²) in [4.78, 5) is 49.6. The first-order chi connectivity index (χ1) is 19.8. The van der Waals surface area contributed by atoms with Gasteiger partial charge in [-0.25, -0.2) is 9.37 Å². The molecule has 0 aliphatic carbocycles. The van der Waals surface area contributed by atoms with Crippen LogP contribution in [0.2, 0.25) is 0 Å². The molecule has 0 radical (unpaired) electrons. The van der Waals surface area contributed by atoms with Crippen LogP contribution in [0, 0.1) is 5.82 Å². The highest BCUT2D eigenvalue weighted by Crippen LogP contribution is 2.25. The minimum absolute atomic E-state index is 0.0917. The molecule has 0 spiro atoms. The molecule has 1 unspecified atom stereocenters. The molecule has 6 rings (SSSR count). The zero-order valence-corrected chi connectivity index (χ0v) is 22.7. The largest absolute Gasteiger partial charge is 0.351 e. The first-order valence-corrected chi connectivity index (χ1v) is 13.7. The summed E-state index contributed by atoms with van der Waals surface area (Å²) in [6, 6.07) is 7.68. The van der Waals surface area contributed by atoms with Gasteiger partial charge >= 0.3 is 0 Å². The Morgan fingerprint density at radius 3 is 2.83 bits per heavy atom. The smallest absolute Gasteiger partial charge is 0.257 e. The molecule has 41 heavy (non-hydrogen) atoms. The zero-order chi connectivity index (χ0) is 28.5. The molecule has 1 atom stereocenters. The Morgan fingerprint density at radius 1 is 1.12 bits per heavy atom. The van der Waals surface area contributed by atoms with Gasteiger partial charge in [0.2, 0.25) is 5.91 Å². The molecule has 11 nitrogen and oxygen atoms in total. The molecule has 2 aliphatic rings. The molecule has 2 saturated heterocycles. The summed E-state index contributed by atoms with van der Waals surface area (Å²) in [6.45, 7) is 3.38. The van der Waals surface area contributed by atoms with Crippen molar-refractivity contribution >= 4 is 34.4 Å². The van der Waals surface area contributed by atoms with Crippen LogP contribution < -0.4 is 10.6 Å². The van der Waals surface area contributed by atoms with E-state index in [4.69, 9.17) is 0 Å². The highest BCUT2D eigenvalue weighted by molar-refractivity contribution is 6.06. The van der Waals surface area contributed by atoms with Crippen LogP contribution in [-0.2, 0) is 11.8 Å². The van der Waals surface area contributed by atoms with Crippen LogP contribution in [0.3, 0.4) is 0 Å². The first kappa shape index (κ1) is 26.6. The van der Waals surface area contributed by atoms with Gasteiger partial charge in [0.25, 0.3) is 11.8 Å². The Bertz CT molecular complexity index is 1630. The molecule has 4 aromatic rings. The third-order valence-corrected chi connectivity index (χ3v) is 7.75. The summed E-state index contributed by atoms with van der Waals surface area (Å²) >= 11 is 0. The number of benzene rings is 1. The second kappa shape index (κ2) is 11.1. The number of rotatable bonds is 7. The molecule has 0 saturated carbocycles. The van der Waals surface area contributed by atoms with E-state index in [9.17, 15) is 18.8 Å². The molecule has 3 aromatic heterocycles. The lowest BCUT2D eigenvalue weighted by Gasteiger charge is -2.44. The molecule has 12 heteroatoms. The maximum Gasteiger partial charge on any atom is 0.257 e. The van der Waals surface area contributed by atoms with E-state index in [1.165, 1.54) is 18.3 Å². The average molecular weight is 559 g/mol. The van der Waals surface area contributed by atoms with Crippen molar-refractivity contribution in [1.82, 2.24) is 34.9 Å². The van der Waals surface area contributed by atoms with Crippen LogP contribution in [0.1, 0.15) is 40.0 Å². The van der Waals surface area contributed by atoms with Crippen LogP contribution in [0.15, 0.2) is 48.9 Å². The number of aromatic amines is 1. The van der Waals surface area contributed by atoms with Crippen LogP contribution in [-0.4, -0.2) is 86.0 Å². The zero-order valence-electron chi connectivity index (χ0n) is 22.7. The second-order valence-corrected chi connectivity index (χ2v) is 10.6. The fourth-order valence-electron chi connectivity index (χ4n) is 5.57. The highest BCUT2D eigenvalue weighted by Gasteiger charge is 2.32. The standard InChI is InChI=1S/C29H31FN8O3/c1-36-16-21(15-33-36)24-13-19-11-20(14-32-27(19)34-24)29(41)35-25-12-18(5-6-23(25)30)28(40)31-7-8-37-9-10-38-22(17-37)3-2-4-26(38)39/h5-6,11-16,22H,2-4,7-10,17H2,1H3,(H,31,40)(H,32,34)(H,35,41). The van der Waals surface area contributed by atoms with Crippen LogP contribution >= 0.6 is 0 Å². The number of nitrogens with one attached hydrogen (secondary N) is 3. The number of hydrogen-bond donors (Lipinski definition) is 3. The number of H-pyrrole nitrogens is 1. The number of halogens is 1. The second-order valence-electron chi connectivity index (χ2n) is 10.6. The van der Waals surface area contributed by atoms with Crippen molar-refractivity contribution in [3.05, 3.63) is 65.9 Å². The third kappa shape index (κ3) is 5.68. The van der Waals surface area contributed by atoms with E-state index < -0.39 is 11.7 Å². The maximum absolute atomic E-state index is 14.6. The van der Waals surface area contributed by atoms with Gasteiger partial charge in [-0.3, -0.25) is 24.0 Å². The number of aromatic nitrogens is 4. The molecule has 212 valence electrons. The van der Waals surface area contributed by atoms with Gasteiger partial charge < -0.3 is 20.5 Å². The number of hydrogen-bond acceptors (Lipinski definition) is 6. The van der Waals surface area contributed by atoms with Crippen LogP contribution in [0.5, 0.6) is 0 Å². The summed E-state index contributed by atoms with van der Waals surface area (Å²) in [5.74, 6) is -1.31. The molecule has 1 aromatic carbocycles. The number of carbonyl (C=O) groups is 3. The number of amides is 3. The molecule has 2 fully saturated rings. The summed E-state index contributed by atoms with van der Waals surface area (Å²) in [7, 11) is 1.83. The van der Waals surface area contributed by atoms with Crippen molar-refractivity contribution < 1.29 is 18.8 Å². The summed E-state index contributed by atoms with van der Waals surface area (Å²) in [5.41, 5.74) is 2.71. The number of aryl methyl sites for hydroxylation is 1.